The van der Waals surface area contributed by atoms with Crippen molar-refractivity contribution in [2.45, 2.75) is 12.3 Å². The van der Waals surface area contributed by atoms with Gasteiger partial charge in [0.05, 0.1) is 24.2 Å². The number of ether oxygens (including phenoxy) is 1. The first-order valence-electron chi connectivity index (χ1n) is 8.99. The van der Waals surface area contributed by atoms with Crippen LogP contribution in [0.25, 0.3) is 16.7 Å². The number of anilines is 2. The van der Waals surface area contributed by atoms with Gasteiger partial charge in [-0.05, 0) is 43.3 Å². The van der Waals surface area contributed by atoms with Crippen LogP contribution in [0.5, 0.6) is 0 Å². The number of amides is 1. The van der Waals surface area contributed by atoms with Gasteiger partial charge in [0.15, 0.2) is 0 Å². The van der Waals surface area contributed by atoms with E-state index in [1.807, 2.05) is 41.0 Å². The highest BCUT2D eigenvalue weighted by Gasteiger charge is 2.18. The summed E-state index contributed by atoms with van der Waals surface area (Å²) in [6, 6.07) is 16.1. The number of nitrogens with zero attached hydrogens (tertiary/aromatic N) is 3. The predicted molar refractivity (Wildman–Crippen MR) is 108 cm³/mol. The number of halogens is 1. The van der Waals surface area contributed by atoms with E-state index in [2.05, 4.69) is 27.3 Å². The molecule has 1 saturated heterocycles. The van der Waals surface area contributed by atoms with Crippen LogP contribution in [0.1, 0.15) is 6.92 Å². The van der Waals surface area contributed by atoms with Crippen molar-refractivity contribution in [2.24, 2.45) is 0 Å². The van der Waals surface area contributed by atoms with E-state index in [4.69, 9.17) is 16.3 Å². The van der Waals surface area contributed by atoms with Crippen LogP contribution in [0.2, 0.25) is 0 Å². The van der Waals surface area contributed by atoms with Crippen LogP contribution in [0.15, 0.2) is 48.5 Å². The molecule has 0 aliphatic carbocycles. The summed E-state index contributed by atoms with van der Waals surface area (Å²) in [5.41, 5.74) is 3.83. The van der Waals surface area contributed by atoms with Crippen molar-refractivity contribution in [1.82, 2.24) is 9.55 Å². The Kier molecular flexibility index (Phi) is 5.01. The third-order valence-corrected chi connectivity index (χ3v) is 4.84. The van der Waals surface area contributed by atoms with Crippen molar-refractivity contribution in [2.75, 3.05) is 36.5 Å². The van der Waals surface area contributed by atoms with Gasteiger partial charge in [0.25, 0.3) is 0 Å². The summed E-state index contributed by atoms with van der Waals surface area (Å²) < 4.78 is 7.36. The summed E-state index contributed by atoms with van der Waals surface area (Å²) in [5.74, 6) is 0.186. The lowest BCUT2D eigenvalue weighted by Gasteiger charge is -2.29. The fourth-order valence-corrected chi connectivity index (χ4v) is 3.27. The second kappa shape index (κ2) is 7.58. The highest BCUT2D eigenvalue weighted by molar-refractivity contribution is 6.32. The Labute approximate surface area is 162 Å². The summed E-state index contributed by atoms with van der Waals surface area (Å²) in [6.45, 7) is 4.92. The lowest BCUT2D eigenvalue weighted by Crippen LogP contribution is -2.36. The third kappa shape index (κ3) is 3.63. The fourth-order valence-electron chi connectivity index (χ4n) is 3.21. The maximum atomic E-state index is 12.1. The van der Waals surface area contributed by atoms with Gasteiger partial charge in [0.1, 0.15) is 5.38 Å². The first-order chi connectivity index (χ1) is 13.1. The Bertz CT molecular complexity index is 946. The molecular formula is C20H21ClN4O2. The molecule has 2 heterocycles. The molecule has 1 amide bonds. The molecule has 0 bridgehead atoms. The molecule has 6 nitrogen and oxygen atoms in total. The van der Waals surface area contributed by atoms with Gasteiger partial charge >= 0.3 is 0 Å². The molecule has 1 aliphatic heterocycles. The van der Waals surface area contributed by atoms with E-state index in [0.717, 1.165) is 48.7 Å². The molecule has 0 saturated carbocycles. The minimum absolute atomic E-state index is 0.279. The van der Waals surface area contributed by atoms with Crippen LogP contribution in [-0.4, -0.2) is 47.1 Å². The number of fused-ring (bicyclic) bond motifs is 1. The van der Waals surface area contributed by atoms with Gasteiger partial charge in [0.2, 0.25) is 11.9 Å². The number of carbonyl (C=O) groups is 1. The third-order valence-electron chi connectivity index (χ3n) is 4.64. The topological polar surface area (TPSA) is 59.4 Å². The highest BCUT2D eigenvalue weighted by Crippen LogP contribution is 2.27. The van der Waals surface area contributed by atoms with E-state index < -0.39 is 5.38 Å². The van der Waals surface area contributed by atoms with Crippen LogP contribution in [-0.2, 0) is 9.53 Å². The Morgan fingerprint density at radius 1 is 1.11 bits per heavy atom. The van der Waals surface area contributed by atoms with E-state index in [1.165, 1.54) is 0 Å². The standard InChI is InChI=1S/C20H21ClN4O2/c1-14(21)19(26)23-20-22-17-4-2-3-5-18(17)25(20)16-8-6-15(7-9-16)24-10-12-27-13-11-24/h2-9,14H,10-13H2,1H3,(H,22,23,26). The number of para-hydroxylation sites is 2. The highest BCUT2D eigenvalue weighted by atomic mass is 35.5. The fraction of sp³-hybridized carbons (Fsp3) is 0.300. The van der Waals surface area contributed by atoms with Gasteiger partial charge in [-0.2, -0.15) is 0 Å². The average molecular weight is 385 g/mol. The lowest BCUT2D eigenvalue weighted by molar-refractivity contribution is -0.115. The Morgan fingerprint density at radius 3 is 2.48 bits per heavy atom. The van der Waals surface area contributed by atoms with Gasteiger partial charge in [-0.1, -0.05) is 12.1 Å². The van der Waals surface area contributed by atoms with Crippen LogP contribution in [0.3, 0.4) is 0 Å². The zero-order valence-electron chi connectivity index (χ0n) is 15.1. The molecule has 7 heteroatoms. The lowest BCUT2D eigenvalue weighted by atomic mass is 10.2. The number of hydrogen-bond donors (Lipinski definition) is 1. The Hall–Kier alpha value is -2.57. The molecule has 1 aliphatic rings. The summed E-state index contributed by atoms with van der Waals surface area (Å²) in [5, 5.41) is 2.19. The van der Waals surface area contributed by atoms with E-state index >= 15 is 0 Å². The number of imidazole rings is 1. The number of aromatic nitrogens is 2. The second-order valence-corrected chi connectivity index (χ2v) is 7.14. The molecule has 1 unspecified atom stereocenters. The van der Waals surface area contributed by atoms with Gasteiger partial charge < -0.3 is 9.64 Å². The van der Waals surface area contributed by atoms with Crippen LogP contribution in [0.4, 0.5) is 11.6 Å². The summed E-state index contributed by atoms with van der Waals surface area (Å²) in [7, 11) is 0. The monoisotopic (exact) mass is 384 g/mol. The predicted octanol–water partition coefficient (Wildman–Crippen LogP) is 3.43. The van der Waals surface area contributed by atoms with Crippen molar-refractivity contribution in [3.05, 3.63) is 48.5 Å². The molecule has 0 radical (unpaired) electrons. The zero-order valence-corrected chi connectivity index (χ0v) is 15.8. The van der Waals surface area contributed by atoms with Crippen LogP contribution < -0.4 is 10.2 Å². The first kappa shape index (κ1) is 17.8. The van der Waals surface area contributed by atoms with Gasteiger partial charge in [-0.3, -0.25) is 14.7 Å². The molecule has 140 valence electrons. The number of rotatable bonds is 4. The van der Waals surface area contributed by atoms with Crippen molar-refractivity contribution in [3.8, 4) is 5.69 Å². The molecular weight excluding hydrogens is 364 g/mol. The van der Waals surface area contributed by atoms with Crippen molar-refractivity contribution in [1.29, 1.82) is 0 Å². The van der Waals surface area contributed by atoms with Crippen molar-refractivity contribution < 1.29 is 9.53 Å². The maximum absolute atomic E-state index is 12.1. The number of morpholine rings is 1. The molecule has 3 aromatic rings. The number of carbonyl (C=O) groups excluding carboxylic acids is 1. The van der Waals surface area contributed by atoms with E-state index in [1.54, 1.807) is 6.92 Å². The maximum Gasteiger partial charge on any atom is 0.244 e. The number of benzene rings is 2. The van der Waals surface area contributed by atoms with Gasteiger partial charge in [-0.15, -0.1) is 11.6 Å². The zero-order chi connectivity index (χ0) is 18.8. The van der Waals surface area contributed by atoms with E-state index in [-0.39, 0.29) is 5.91 Å². The molecule has 27 heavy (non-hydrogen) atoms. The molecule has 1 N–H and O–H groups in total. The Morgan fingerprint density at radius 2 is 1.78 bits per heavy atom. The van der Waals surface area contributed by atoms with E-state index in [9.17, 15) is 4.79 Å². The van der Waals surface area contributed by atoms with Crippen LogP contribution in [0, 0.1) is 0 Å². The molecule has 0 spiro atoms. The van der Waals surface area contributed by atoms with Crippen molar-refractivity contribution >= 4 is 40.2 Å². The quantitative estimate of drug-likeness (QED) is 0.700. The number of hydrogen-bond acceptors (Lipinski definition) is 4. The molecule has 1 fully saturated rings. The minimum Gasteiger partial charge on any atom is -0.378 e. The molecule has 4 rings (SSSR count). The van der Waals surface area contributed by atoms with E-state index in [0.29, 0.717) is 5.95 Å². The van der Waals surface area contributed by atoms with Crippen molar-refractivity contribution in [3.63, 3.8) is 0 Å². The SMILES string of the molecule is CC(Cl)C(=O)Nc1nc2ccccc2n1-c1ccc(N2CCOCC2)cc1. The van der Waals surface area contributed by atoms with Crippen LogP contribution >= 0.6 is 11.6 Å². The summed E-state index contributed by atoms with van der Waals surface area (Å²) in [6.07, 6.45) is 0. The summed E-state index contributed by atoms with van der Waals surface area (Å²) >= 11 is 5.92. The minimum atomic E-state index is -0.637. The van der Waals surface area contributed by atoms with Gasteiger partial charge in [-0.25, -0.2) is 4.98 Å². The number of alkyl halides is 1. The normalized spacial score (nSPS) is 15.7. The second-order valence-electron chi connectivity index (χ2n) is 6.48. The Balaban J connectivity index is 1.72. The smallest absolute Gasteiger partial charge is 0.244 e. The molecule has 2 aromatic carbocycles. The van der Waals surface area contributed by atoms with Gasteiger partial charge in [0, 0.05) is 24.5 Å². The molecule has 1 aromatic heterocycles. The average Bonchev–Trinajstić information content (AvgIpc) is 3.06. The first-order valence-corrected chi connectivity index (χ1v) is 9.42. The summed E-state index contributed by atoms with van der Waals surface area (Å²) in [4.78, 5) is 19.0. The molecule has 1 atom stereocenters. The number of nitrogens with one attached hydrogen (secondary N) is 1. The largest absolute Gasteiger partial charge is 0.378 e.